The van der Waals surface area contributed by atoms with Crippen LogP contribution in [-0.2, 0) is 9.47 Å². The molecule has 0 aliphatic heterocycles. The van der Waals surface area contributed by atoms with Gasteiger partial charge in [0.25, 0.3) is 0 Å². The number of rotatable bonds is 5. The lowest BCUT2D eigenvalue weighted by atomic mass is 10.0. The number of carbonyl (C=O) groups is 3. The third-order valence-electron chi connectivity index (χ3n) is 3.10. The molecule has 1 aromatic carbocycles. The van der Waals surface area contributed by atoms with Crippen LogP contribution in [0.25, 0.3) is 0 Å². The Balaban J connectivity index is 2.90. The molecular formula is C19H28N2O6. The number of hydrogen-bond acceptors (Lipinski definition) is 5. The van der Waals surface area contributed by atoms with Gasteiger partial charge in [0.05, 0.1) is 11.6 Å². The molecule has 0 fully saturated rings. The molecule has 3 N–H and O–H groups in total. The van der Waals surface area contributed by atoms with E-state index in [1.807, 2.05) is 0 Å². The van der Waals surface area contributed by atoms with Crippen molar-refractivity contribution in [2.75, 3.05) is 6.54 Å². The first kappa shape index (κ1) is 22.3. The highest BCUT2D eigenvalue weighted by atomic mass is 16.6. The van der Waals surface area contributed by atoms with Crippen LogP contribution in [0.5, 0.6) is 0 Å². The Morgan fingerprint density at radius 3 is 1.85 bits per heavy atom. The van der Waals surface area contributed by atoms with Crippen LogP contribution in [0.1, 0.15) is 63.5 Å². The molecule has 0 saturated carbocycles. The zero-order valence-electron chi connectivity index (χ0n) is 16.6. The summed E-state index contributed by atoms with van der Waals surface area (Å²) in [6, 6.07) is 5.36. The standard InChI is InChI=1S/C19H28N2O6/c1-18(2,3)26-16(24)20-11-14(21-17(25)27-19(4,5)6)12-7-9-13(10-8-12)15(22)23/h7-10,14H,11H2,1-6H3,(H,20,24)(H,21,25)(H,22,23)/t14-/m1/s1. The largest absolute Gasteiger partial charge is 0.478 e. The average Bonchev–Trinajstić information content (AvgIpc) is 2.48. The van der Waals surface area contributed by atoms with Gasteiger partial charge in [0.1, 0.15) is 11.2 Å². The van der Waals surface area contributed by atoms with E-state index in [1.165, 1.54) is 12.1 Å². The van der Waals surface area contributed by atoms with Crippen molar-refractivity contribution >= 4 is 18.2 Å². The molecule has 0 aromatic heterocycles. The third kappa shape index (κ3) is 8.94. The van der Waals surface area contributed by atoms with Crippen LogP contribution < -0.4 is 10.6 Å². The molecule has 1 atom stereocenters. The van der Waals surface area contributed by atoms with Crippen LogP contribution in [0.3, 0.4) is 0 Å². The van der Waals surface area contributed by atoms with Gasteiger partial charge in [-0.15, -0.1) is 0 Å². The fourth-order valence-electron chi connectivity index (χ4n) is 2.06. The summed E-state index contributed by atoms with van der Waals surface area (Å²) in [5, 5.41) is 14.3. The monoisotopic (exact) mass is 380 g/mol. The fraction of sp³-hybridized carbons (Fsp3) is 0.526. The van der Waals surface area contributed by atoms with Gasteiger partial charge in [-0.2, -0.15) is 0 Å². The van der Waals surface area contributed by atoms with Gasteiger partial charge >= 0.3 is 18.2 Å². The van der Waals surface area contributed by atoms with Crippen molar-refractivity contribution in [2.45, 2.75) is 58.8 Å². The number of benzene rings is 1. The Bertz CT molecular complexity index is 671. The van der Waals surface area contributed by atoms with E-state index in [4.69, 9.17) is 14.6 Å². The molecular weight excluding hydrogens is 352 g/mol. The zero-order chi connectivity index (χ0) is 20.8. The molecule has 0 aliphatic rings. The van der Waals surface area contributed by atoms with Crippen molar-refractivity contribution in [3.63, 3.8) is 0 Å². The van der Waals surface area contributed by atoms with Gasteiger partial charge in [-0.25, -0.2) is 14.4 Å². The number of alkyl carbamates (subject to hydrolysis) is 2. The molecule has 27 heavy (non-hydrogen) atoms. The number of nitrogens with one attached hydrogen (secondary N) is 2. The van der Waals surface area contributed by atoms with E-state index in [0.717, 1.165) is 0 Å². The van der Waals surface area contributed by atoms with Crippen LogP contribution in [-0.4, -0.2) is 41.0 Å². The molecule has 1 rings (SSSR count). The second-order valence-corrected chi connectivity index (χ2v) is 8.01. The summed E-state index contributed by atoms with van der Waals surface area (Å²) in [4.78, 5) is 35.0. The van der Waals surface area contributed by atoms with Crippen molar-refractivity contribution < 1.29 is 29.0 Å². The topological polar surface area (TPSA) is 114 Å². The third-order valence-corrected chi connectivity index (χ3v) is 3.10. The zero-order valence-corrected chi connectivity index (χ0v) is 16.6. The summed E-state index contributed by atoms with van der Waals surface area (Å²) in [5.41, 5.74) is -0.599. The second kappa shape index (κ2) is 8.75. The van der Waals surface area contributed by atoms with E-state index in [-0.39, 0.29) is 12.1 Å². The van der Waals surface area contributed by atoms with Crippen molar-refractivity contribution in [3.05, 3.63) is 35.4 Å². The van der Waals surface area contributed by atoms with Gasteiger partial charge in [0, 0.05) is 6.54 Å². The number of aromatic carboxylic acids is 1. The first-order valence-electron chi connectivity index (χ1n) is 8.56. The van der Waals surface area contributed by atoms with Gasteiger partial charge in [0.15, 0.2) is 0 Å². The lowest BCUT2D eigenvalue weighted by Gasteiger charge is -2.25. The van der Waals surface area contributed by atoms with Gasteiger partial charge in [-0.3, -0.25) is 0 Å². The molecule has 8 heteroatoms. The summed E-state index contributed by atoms with van der Waals surface area (Å²) in [6.45, 7) is 10.5. The Kier molecular flexibility index (Phi) is 7.21. The van der Waals surface area contributed by atoms with E-state index in [1.54, 1.807) is 53.7 Å². The predicted octanol–water partition coefficient (Wildman–Crippen LogP) is 3.48. The average molecular weight is 380 g/mol. The highest BCUT2D eigenvalue weighted by Gasteiger charge is 2.23. The number of ether oxygens (including phenoxy) is 2. The van der Waals surface area contributed by atoms with Crippen LogP contribution in [0.15, 0.2) is 24.3 Å². The Labute approximate surface area is 159 Å². The molecule has 2 amide bonds. The van der Waals surface area contributed by atoms with E-state index in [9.17, 15) is 14.4 Å². The summed E-state index contributed by atoms with van der Waals surface area (Å²) >= 11 is 0. The van der Waals surface area contributed by atoms with Crippen LogP contribution >= 0.6 is 0 Å². The maximum absolute atomic E-state index is 12.1. The minimum absolute atomic E-state index is 0.0422. The molecule has 1 aromatic rings. The van der Waals surface area contributed by atoms with Crippen molar-refractivity contribution in [3.8, 4) is 0 Å². The van der Waals surface area contributed by atoms with Gasteiger partial charge < -0.3 is 25.2 Å². The maximum Gasteiger partial charge on any atom is 0.408 e. The lowest BCUT2D eigenvalue weighted by molar-refractivity contribution is 0.0463. The van der Waals surface area contributed by atoms with E-state index < -0.39 is 35.4 Å². The normalized spacial score (nSPS) is 12.7. The quantitative estimate of drug-likeness (QED) is 0.721. The number of carbonyl (C=O) groups excluding carboxylic acids is 2. The van der Waals surface area contributed by atoms with E-state index >= 15 is 0 Å². The summed E-state index contributed by atoms with van der Waals surface area (Å²) < 4.78 is 10.4. The summed E-state index contributed by atoms with van der Waals surface area (Å²) in [5.74, 6) is -1.05. The Morgan fingerprint density at radius 2 is 1.41 bits per heavy atom. The Hall–Kier alpha value is -2.77. The van der Waals surface area contributed by atoms with Crippen molar-refractivity contribution in [2.24, 2.45) is 0 Å². The molecule has 0 bridgehead atoms. The molecule has 0 spiro atoms. The van der Waals surface area contributed by atoms with Gasteiger partial charge in [0.2, 0.25) is 0 Å². The number of hydrogen-bond donors (Lipinski definition) is 3. The van der Waals surface area contributed by atoms with Crippen molar-refractivity contribution in [1.29, 1.82) is 0 Å². The molecule has 150 valence electrons. The fourth-order valence-corrected chi connectivity index (χ4v) is 2.06. The number of amides is 2. The summed E-state index contributed by atoms with van der Waals surface area (Å²) in [6.07, 6.45) is -1.28. The highest BCUT2D eigenvalue weighted by Crippen LogP contribution is 2.16. The minimum atomic E-state index is -1.05. The van der Waals surface area contributed by atoms with Crippen LogP contribution in [0.4, 0.5) is 9.59 Å². The first-order valence-corrected chi connectivity index (χ1v) is 8.56. The Morgan fingerprint density at radius 1 is 0.926 bits per heavy atom. The smallest absolute Gasteiger partial charge is 0.408 e. The predicted molar refractivity (Wildman–Crippen MR) is 99.7 cm³/mol. The molecule has 0 heterocycles. The number of carboxylic acids is 1. The van der Waals surface area contributed by atoms with E-state index in [0.29, 0.717) is 5.56 Å². The molecule has 0 aliphatic carbocycles. The molecule has 0 radical (unpaired) electrons. The SMILES string of the molecule is CC(C)(C)OC(=O)NC[C@@H](NC(=O)OC(C)(C)C)c1ccc(C(=O)O)cc1. The molecule has 0 unspecified atom stereocenters. The van der Waals surface area contributed by atoms with E-state index in [2.05, 4.69) is 10.6 Å². The van der Waals surface area contributed by atoms with Crippen LogP contribution in [0.2, 0.25) is 0 Å². The lowest BCUT2D eigenvalue weighted by Crippen LogP contribution is -2.41. The molecule has 8 nitrogen and oxygen atoms in total. The van der Waals surface area contributed by atoms with Gasteiger partial charge in [-0.1, -0.05) is 12.1 Å². The molecule has 0 saturated heterocycles. The first-order chi connectivity index (χ1) is 12.3. The minimum Gasteiger partial charge on any atom is -0.478 e. The maximum atomic E-state index is 12.1. The second-order valence-electron chi connectivity index (χ2n) is 8.01. The highest BCUT2D eigenvalue weighted by molar-refractivity contribution is 5.87. The van der Waals surface area contributed by atoms with Crippen LogP contribution in [0, 0.1) is 0 Å². The van der Waals surface area contributed by atoms with Crippen molar-refractivity contribution in [1.82, 2.24) is 10.6 Å². The van der Waals surface area contributed by atoms with Gasteiger partial charge in [-0.05, 0) is 59.2 Å². The summed E-state index contributed by atoms with van der Waals surface area (Å²) in [7, 11) is 0. The number of carboxylic acid groups (broad SMARTS) is 1.